The fraction of sp³-hybridized carbons (Fsp3) is 0.476. The van der Waals surface area contributed by atoms with Crippen LogP contribution in [0.25, 0.3) is 11.5 Å². The SMILES string of the molecule is CCC(=O)NCC1(C)CN(C(=O)c2coc(-c3ccc(F)cc3)n2)C(C)(C)C1. The van der Waals surface area contributed by atoms with E-state index in [-0.39, 0.29) is 40.2 Å². The van der Waals surface area contributed by atoms with Gasteiger partial charge in [0.15, 0.2) is 5.69 Å². The van der Waals surface area contributed by atoms with Crippen LogP contribution >= 0.6 is 0 Å². The summed E-state index contributed by atoms with van der Waals surface area (Å²) in [5, 5.41) is 2.94. The summed E-state index contributed by atoms with van der Waals surface area (Å²) in [6.45, 7) is 8.95. The van der Waals surface area contributed by atoms with Crippen molar-refractivity contribution in [3.05, 3.63) is 42.0 Å². The lowest BCUT2D eigenvalue weighted by Crippen LogP contribution is -2.43. The average Bonchev–Trinajstić information content (AvgIpc) is 3.22. The Morgan fingerprint density at radius 1 is 1.25 bits per heavy atom. The van der Waals surface area contributed by atoms with Crippen molar-refractivity contribution in [1.29, 1.82) is 0 Å². The molecule has 2 heterocycles. The van der Waals surface area contributed by atoms with E-state index in [0.29, 0.717) is 25.1 Å². The van der Waals surface area contributed by atoms with Crippen molar-refractivity contribution >= 4 is 11.8 Å². The number of oxazole rings is 1. The number of benzene rings is 1. The minimum absolute atomic E-state index is 0.00393. The third-order valence-corrected chi connectivity index (χ3v) is 5.22. The Kier molecular flexibility index (Phi) is 5.28. The van der Waals surface area contributed by atoms with Crippen LogP contribution < -0.4 is 5.32 Å². The summed E-state index contributed by atoms with van der Waals surface area (Å²) in [5.41, 5.74) is 0.230. The van der Waals surface area contributed by atoms with Gasteiger partial charge in [-0.25, -0.2) is 9.37 Å². The van der Waals surface area contributed by atoms with E-state index in [0.717, 1.165) is 6.42 Å². The van der Waals surface area contributed by atoms with Crippen LogP contribution in [0.1, 0.15) is 51.0 Å². The highest BCUT2D eigenvalue weighted by molar-refractivity contribution is 5.93. The zero-order chi connectivity index (χ0) is 20.5. The maximum absolute atomic E-state index is 13.1. The smallest absolute Gasteiger partial charge is 0.276 e. The van der Waals surface area contributed by atoms with Crippen molar-refractivity contribution in [2.75, 3.05) is 13.1 Å². The highest BCUT2D eigenvalue weighted by Crippen LogP contribution is 2.41. The maximum atomic E-state index is 13.1. The lowest BCUT2D eigenvalue weighted by molar-refractivity contribution is -0.121. The number of likely N-dealkylation sites (tertiary alicyclic amines) is 1. The molecule has 0 aliphatic carbocycles. The fourth-order valence-electron chi connectivity index (χ4n) is 3.93. The molecular weight excluding hydrogens is 361 g/mol. The molecule has 1 aliphatic heterocycles. The first kappa shape index (κ1) is 20.0. The molecule has 0 bridgehead atoms. The maximum Gasteiger partial charge on any atom is 0.276 e. The number of hydrogen-bond donors (Lipinski definition) is 1. The standard InChI is InChI=1S/C21H26FN3O3/c1-5-17(26)23-12-21(4)11-20(2,3)25(13-21)19(27)16-10-28-18(24-16)14-6-8-15(22)9-7-14/h6-10H,5,11-13H2,1-4H3,(H,23,26). The van der Waals surface area contributed by atoms with Gasteiger partial charge in [-0.15, -0.1) is 0 Å². The van der Waals surface area contributed by atoms with Gasteiger partial charge in [-0.1, -0.05) is 13.8 Å². The zero-order valence-corrected chi connectivity index (χ0v) is 16.7. The molecule has 1 atom stereocenters. The van der Waals surface area contributed by atoms with Crippen LogP contribution in [0.4, 0.5) is 4.39 Å². The third kappa shape index (κ3) is 4.08. The van der Waals surface area contributed by atoms with Crippen molar-refractivity contribution < 1.29 is 18.4 Å². The van der Waals surface area contributed by atoms with E-state index in [4.69, 9.17) is 4.42 Å². The summed E-state index contributed by atoms with van der Waals surface area (Å²) in [5.74, 6) is -0.282. The van der Waals surface area contributed by atoms with Crippen LogP contribution in [0.5, 0.6) is 0 Å². The topological polar surface area (TPSA) is 75.4 Å². The number of rotatable bonds is 5. The van der Waals surface area contributed by atoms with Gasteiger partial charge in [0, 0.05) is 36.0 Å². The van der Waals surface area contributed by atoms with Gasteiger partial charge in [0.2, 0.25) is 11.8 Å². The van der Waals surface area contributed by atoms with E-state index in [9.17, 15) is 14.0 Å². The highest BCUT2D eigenvalue weighted by atomic mass is 19.1. The molecule has 1 aromatic heterocycles. The Balaban J connectivity index is 1.76. The zero-order valence-electron chi connectivity index (χ0n) is 16.7. The highest BCUT2D eigenvalue weighted by Gasteiger charge is 2.48. The van der Waals surface area contributed by atoms with E-state index in [1.807, 2.05) is 20.8 Å². The summed E-state index contributed by atoms with van der Waals surface area (Å²) in [7, 11) is 0. The molecule has 1 N–H and O–H groups in total. The number of halogens is 1. The number of carbonyl (C=O) groups is 2. The lowest BCUT2D eigenvalue weighted by atomic mass is 9.84. The van der Waals surface area contributed by atoms with Crippen molar-refractivity contribution in [1.82, 2.24) is 15.2 Å². The van der Waals surface area contributed by atoms with Gasteiger partial charge in [0.25, 0.3) is 5.91 Å². The molecule has 2 aromatic rings. The van der Waals surface area contributed by atoms with Crippen LogP contribution in [-0.2, 0) is 4.79 Å². The van der Waals surface area contributed by atoms with Gasteiger partial charge in [0.05, 0.1) is 0 Å². The first-order chi connectivity index (χ1) is 13.1. The summed E-state index contributed by atoms with van der Waals surface area (Å²) >= 11 is 0. The Hall–Kier alpha value is -2.70. The van der Waals surface area contributed by atoms with Gasteiger partial charge >= 0.3 is 0 Å². The molecule has 0 spiro atoms. The molecule has 1 fully saturated rings. The molecule has 150 valence electrons. The normalized spacial score (nSPS) is 21.0. The molecule has 1 saturated heterocycles. The molecule has 1 unspecified atom stereocenters. The van der Waals surface area contributed by atoms with Crippen molar-refractivity contribution in [3.8, 4) is 11.5 Å². The second-order valence-corrected chi connectivity index (χ2v) is 8.37. The van der Waals surface area contributed by atoms with Gasteiger partial charge in [-0.05, 0) is 44.5 Å². The third-order valence-electron chi connectivity index (χ3n) is 5.22. The average molecular weight is 387 g/mol. The molecule has 1 aromatic carbocycles. The minimum Gasteiger partial charge on any atom is -0.444 e. The molecular formula is C21H26FN3O3. The van der Waals surface area contributed by atoms with E-state index >= 15 is 0 Å². The van der Waals surface area contributed by atoms with Crippen LogP contribution in [0.3, 0.4) is 0 Å². The Bertz CT molecular complexity index is 875. The summed E-state index contributed by atoms with van der Waals surface area (Å²) in [6.07, 6.45) is 2.54. The molecule has 1 aliphatic rings. The molecule has 0 saturated carbocycles. The number of aromatic nitrogens is 1. The largest absolute Gasteiger partial charge is 0.444 e. The van der Waals surface area contributed by atoms with E-state index in [1.54, 1.807) is 17.0 Å². The van der Waals surface area contributed by atoms with Crippen LogP contribution in [0, 0.1) is 11.2 Å². The fourth-order valence-corrected chi connectivity index (χ4v) is 3.93. The molecule has 6 nitrogen and oxygen atoms in total. The number of nitrogens with one attached hydrogen (secondary N) is 1. The Labute approximate surface area is 164 Å². The van der Waals surface area contributed by atoms with Crippen LogP contribution in [0.2, 0.25) is 0 Å². The van der Waals surface area contributed by atoms with E-state index in [2.05, 4.69) is 17.2 Å². The number of amides is 2. The van der Waals surface area contributed by atoms with Crippen LogP contribution in [0.15, 0.2) is 34.9 Å². The predicted molar refractivity (Wildman–Crippen MR) is 103 cm³/mol. The number of hydrogen-bond acceptors (Lipinski definition) is 4. The molecule has 7 heteroatoms. The van der Waals surface area contributed by atoms with Gasteiger partial charge in [-0.2, -0.15) is 0 Å². The monoisotopic (exact) mass is 387 g/mol. The quantitative estimate of drug-likeness (QED) is 0.850. The summed E-state index contributed by atoms with van der Waals surface area (Å²) < 4.78 is 18.5. The second kappa shape index (κ2) is 7.37. The summed E-state index contributed by atoms with van der Waals surface area (Å²) in [4.78, 5) is 30.8. The molecule has 0 radical (unpaired) electrons. The van der Waals surface area contributed by atoms with Crippen molar-refractivity contribution in [2.45, 2.75) is 46.1 Å². The Morgan fingerprint density at radius 3 is 2.57 bits per heavy atom. The lowest BCUT2D eigenvalue weighted by Gasteiger charge is -2.30. The Morgan fingerprint density at radius 2 is 1.93 bits per heavy atom. The van der Waals surface area contributed by atoms with Gasteiger partial charge < -0.3 is 14.6 Å². The summed E-state index contributed by atoms with van der Waals surface area (Å²) in [6, 6.07) is 5.76. The molecule has 3 rings (SSSR count). The molecule has 28 heavy (non-hydrogen) atoms. The van der Waals surface area contributed by atoms with Gasteiger partial charge in [0.1, 0.15) is 12.1 Å². The van der Waals surface area contributed by atoms with Crippen molar-refractivity contribution in [2.24, 2.45) is 5.41 Å². The van der Waals surface area contributed by atoms with E-state index in [1.165, 1.54) is 18.4 Å². The van der Waals surface area contributed by atoms with Crippen molar-refractivity contribution in [3.63, 3.8) is 0 Å². The van der Waals surface area contributed by atoms with E-state index < -0.39 is 0 Å². The number of nitrogens with zero attached hydrogens (tertiary/aromatic N) is 2. The minimum atomic E-state index is -0.377. The first-order valence-electron chi connectivity index (χ1n) is 9.44. The number of carbonyl (C=O) groups excluding carboxylic acids is 2. The van der Waals surface area contributed by atoms with Crippen LogP contribution in [-0.4, -0.2) is 40.3 Å². The van der Waals surface area contributed by atoms with Gasteiger partial charge in [-0.3, -0.25) is 9.59 Å². The first-order valence-corrected chi connectivity index (χ1v) is 9.44. The molecule has 2 amide bonds. The predicted octanol–water partition coefficient (Wildman–Crippen LogP) is 3.64. The second-order valence-electron chi connectivity index (χ2n) is 8.37.